The van der Waals surface area contributed by atoms with E-state index in [1.807, 2.05) is 11.8 Å². The Balaban J connectivity index is 1.46. The number of nitrogens with zero attached hydrogens (tertiary/aromatic N) is 2. The van der Waals surface area contributed by atoms with Crippen LogP contribution < -0.4 is 20.9 Å². The van der Waals surface area contributed by atoms with Crippen LogP contribution in [0.5, 0.6) is 0 Å². The number of aliphatic imine (C=N–C) groups is 1. The molecule has 1 aromatic rings. The van der Waals surface area contributed by atoms with Crippen LogP contribution >= 0.6 is 0 Å². The number of hydrogen-bond donors (Lipinski definition) is 3. The van der Waals surface area contributed by atoms with Crippen molar-refractivity contribution in [2.45, 2.75) is 51.1 Å². The van der Waals surface area contributed by atoms with E-state index in [0.717, 1.165) is 31.9 Å². The summed E-state index contributed by atoms with van der Waals surface area (Å²) in [7, 11) is 0. The smallest absolute Gasteiger partial charge is 0.220 e. The first kappa shape index (κ1) is 20.4. The van der Waals surface area contributed by atoms with E-state index >= 15 is 0 Å². The monoisotopic (exact) mass is 393 g/mol. The Bertz CT molecular complexity index is 708. The van der Waals surface area contributed by atoms with Crippen molar-refractivity contribution < 1.29 is 13.6 Å². The summed E-state index contributed by atoms with van der Waals surface area (Å²) >= 11 is 0. The number of nitrogens with one attached hydrogen (secondary N) is 3. The van der Waals surface area contributed by atoms with Gasteiger partial charge in [0.15, 0.2) is 5.96 Å². The molecule has 0 radical (unpaired) electrons. The van der Waals surface area contributed by atoms with Crippen LogP contribution in [0.3, 0.4) is 0 Å². The van der Waals surface area contributed by atoms with Crippen molar-refractivity contribution in [1.29, 1.82) is 0 Å². The number of guanidine groups is 1. The number of amides is 1. The lowest BCUT2D eigenvalue weighted by atomic mass is 10.2. The normalized spacial score (nSPS) is 19.6. The molecule has 1 aliphatic heterocycles. The van der Waals surface area contributed by atoms with E-state index in [2.05, 4.69) is 20.9 Å². The zero-order valence-electron chi connectivity index (χ0n) is 16.3. The third-order valence-electron chi connectivity index (χ3n) is 4.90. The molecule has 1 aromatic carbocycles. The van der Waals surface area contributed by atoms with E-state index in [4.69, 9.17) is 0 Å². The van der Waals surface area contributed by atoms with Crippen molar-refractivity contribution in [3.05, 3.63) is 29.8 Å². The van der Waals surface area contributed by atoms with Crippen LogP contribution in [-0.4, -0.2) is 50.1 Å². The van der Waals surface area contributed by atoms with E-state index in [9.17, 15) is 13.6 Å². The fraction of sp³-hybridized carbons (Fsp3) is 0.600. The highest BCUT2D eigenvalue weighted by Gasteiger charge is 2.25. The average molecular weight is 393 g/mol. The van der Waals surface area contributed by atoms with Gasteiger partial charge in [0.25, 0.3) is 0 Å². The summed E-state index contributed by atoms with van der Waals surface area (Å²) in [5, 5.41) is 9.56. The van der Waals surface area contributed by atoms with E-state index < -0.39 is 11.6 Å². The molecule has 1 saturated carbocycles. The molecule has 8 heteroatoms. The maximum atomic E-state index is 14.0. The summed E-state index contributed by atoms with van der Waals surface area (Å²) in [5.41, 5.74) is 0.425. The maximum Gasteiger partial charge on any atom is 0.220 e. The third kappa shape index (κ3) is 6.07. The lowest BCUT2D eigenvalue weighted by molar-refractivity contribution is -0.121. The Kier molecular flexibility index (Phi) is 7.06. The fourth-order valence-electron chi connectivity index (χ4n) is 3.31. The van der Waals surface area contributed by atoms with Crippen molar-refractivity contribution in [2.24, 2.45) is 4.99 Å². The third-order valence-corrected chi connectivity index (χ3v) is 4.90. The molecule has 1 saturated heterocycles. The number of hydrogen-bond acceptors (Lipinski definition) is 3. The predicted molar refractivity (Wildman–Crippen MR) is 106 cm³/mol. The number of carbonyl (C=O) groups is 1. The van der Waals surface area contributed by atoms with Gasteiger partial charge in [-0.2, -0.15) is 0 Å². The molecule has 28 heavy (non-hydrogen) atoms. The molecule has 3 rings (SSSR count). The van der Waals surface area contributed by atoms with Gasteiger partial charge in [0.05, 0.1) is 5.69 Å². The van der Waals surface area contributed by atoms with Gasteiger partial charge in [0.1, 0.15) is 11.6 Å². The molecular weight excluding hydrogens is 364 g/mol. The van der Waals surface area contributed by atoms with Crippen LogP contribution in [0.2, 0.25) is 0 Å². The largest absolute Gasteiger partial charge is 0.367 e. The molecule has 2 aliphatic rings. The van der Waals surface area contributed by atoms with Crippen LogP contribution in [0.15, 0.2) is 23.2 Å². The molecule has 1 aliphatic carbocycles. The van der Waals surface area contributed by atoms with Gasteiger partial charge in [-0.3, -0.25) is 9.79 Å². The number of anilines is 1. The summed E-state index contributed by atoms with van der Waals surface area (Å²) in [6.07, 6.45) is 4.22. The molecule has 2 fully saturated rings. The topological polar surface area (TPSA) is 68.8 Å². The molecule has 0 bridgehead atoms. The highest BCUT2D eigenvalue weighted by Crippen LogP contribution is 2.24. The molecule has 1 heterocycles. The molecule has 0 spiro atoms. The second-order valence-corrected chi connectivity index (χ2v) is 7.38. The van der Waals surface area contributed by atoms with Gasteiger partial charge in [0.2, 0.25) is 5.91 Å². The van der Waals surface area contributed by atoms with Crippen LogP contribution in [-0.2, 0) is 4.79 Å². The molecule has 1 atom stereocenters. The summed E-state index contributed by atoms with van der Waals surface area (Å²) in [6, 6.07) is 4.20. The van der Waals surface area contributed by atoms with Crippen LogP contribution in [0.25, 0.3) is 0 Å². The second kappa shape index (κ2) is 9.71. The summed E-state index contributed by atoms with van der Waals surface area (Å²) < 4.78 is 27.1. The molecule has 1 unspecified atom stereocenters. The van der Waals surface area contributed by atoms with Crippen molar-refractivity contribution >= 4 is 17.6 Å². The molecule has 1 amide bonds. The standard InChI is InChI=1S/C20H29F2N5O/c1-2-23-20(24-10-3-4-19(28)25-15-6-7-15)26-16-9-11-27(13-16)18-8-5-14(21)12-17(18)22/h5,8,12,15-16H,2-4,6-7,9-11,13H2,1H3,(H,25,28)(H2,23,24,26). The zero-order chi connectivity index (χ0) is 19.9. The minimum Gasteiger partial charge on any atom is -0.367 e. The van der Waals surface area contributed by atoms with Crippen molar-refractivity contribution in [1.82, 2.24) is 16.0 Å². The Morgan fingerprint density at radius 2 is 2.04 bits per heavy atom. The zero-order valence-corrected chi connectivity index (χ0v) is 16.3. The van der Waals surface area contributed by atoms with Crippen molar-refractivity contribution in [3.63, 3.8) is 0 Å². The fourth-order valence-corrected chi connectivity index (χ4v) is 3.31. The first-order valence-corrected chi connectivity index (χ1v) is 10.1. The highest BCUT2D eigenvalue weighted by atomic mass is 19.1. The minimum atomic E-state index is -0.567. The highest BCUT2D eigenvalue weighted by molar-refractivity contribution is 5.80. The number of benzene rings is 1. The molecule has 154 valence electrons. The van der Waals surface area contributed by atoms with E-state index in [-0.39, 0.29) is 11.9 Å². The van der Waals surface area contributed by atoms with Gasteiger partial charge in [-0.15, -0.1) is 0 Å². The molecule has 0 aromatic heterocycles. The second-order valence-electron chi connectivity index (χ2n) is 7.38. The first-order chi connectivity index (χ1) is 13.5. The van der Waals surface area contributed by atoms with Crippen molar-refractivity contribution in [2.75, 3.05) is 31.1 Å². The minimum absolute atomic E-state index is 0.100. The van der Waals surface area contributed by atoms with E-state index in [1.54, 1.807) is 0 Å². The van der Waals surface area contributed by atoms with Gasteiger partial charge in [-0.1, -0.05) is 0 Å². The van der Waals surface area contributed by atoms with E-state index in [1.165, 1.54) is 12.1 Å². The van der Waals surface area contributed by atoms with Gasteiger partial charge < -0.3 is 20.9 Å². The Morgan fingerprint density at radius 3 is 2.75 bits per heavy atom. The average Bonchev–Trinajstić information content (AvgIpc) is 3.34. The van der Waals surface area contributed by atoms with Gasteiger partial charge in [-0.05, 0) is 44.7 Å². The summed E-state index contributed by atoms with van der Waals surface area (Å²) in [6.45, 7) is 4.61. The number of rotatable bonds is 8. The summed E-state index contributed by atoms with van der Waals surface area (Å²) in [5.74, 6) is -0.298. The Hall–Kier alpha value is -2.38. The molecular formula is C20H29F2N5O. The number of carbonyl (C=O) groups excluding carboxylic acids is 1. The quantitative estimate of drug-likeness (QED) is 0.360. The Labute approximate surface area is 164 Å². The van der Waals surface area contributed by atoms with Crippen LogP contribution in [0.4, 0.5) is 14.5 Å². The number of halogens is 2. The predicted octanol–water partition coefficient (Wildman–Crippen LogP) is 2.16. The lowest BCUT2D eigenvalue weighted by Crippen LogP contribution is -2.44. The lowest BCUT2D eigenvalue weighted by Gasteiger charge is -2.21. The Morgan fingerprint density at radius 1 is 1.21 bits per heavy atom. The first-order valence-electron chi connectivity index (χ1n) is 10.1. The summed E-state index contributed by atoms with van der Waals surface area (Å²) in [4.78, 5) is 18.2. The van der Waals surface area contributed by atoms with Crippen LogP contribution in [0.1, 0.15) is 39.0 Å². The molecule has 3 N–H and O–H groups in total. The van der Waals surface area contributed by atoms with Gasteiger partial charge >= 0.3 is 0 Å². The van der Waals surface area contributed by atoms with E-state index in [0.29, 0.717) is 50.2 Å². The van der Waals surface area contributed by atoms with Crippen LogP contribution in [0, 0.1) is 11.6 Å². The van der Waals surface area contributed by atoms with Gasteiger partial charge in [-0.25, -0.2) is 8.78 Å². The maximum absolute atomic E-state index is 14.0. The SMILES string of the molecule is CCNC(=NCCCC(=O)NC1CC1)NC1CCN(c2ccc(F)cc2F)C1. The van der Waals surface area contributed by atoms with Gasteiger partial charge in [0, 0.05) is 50.7 Å². The van der Waals surface area contributed by atoms with Crippen molar-refractivity contribution in [3.8, 4) is 0 Å². The molecule has 6 nitrogen and oxygen atoms in total.